The van der Waals surface area contributed by atoms with E-state index in [-0.39, 0.29) is 5.56 Å². The minimum absolute atomic E-state index is 0.161. The molecule has 4 aromatic rings. The highest BCUT2D eigenvalue weighted by Crippen LogP contribution is 2.24. The van der Waals surface area contributed by atoms with Crippen LogP contribution in [0.4, 0.5) is 0 Å². The molecule has 1 aromatic heterocycles. The first-order valence-electron chi connectivity index (χ1n) is 9.45. The predicted molar refractivity (Wildman–Crippen MR) is 116 cm³/mol. The number of nitrogens with zero attached hydrogens (tertiary/aromatic N) is 1. The van der Waals surface area contributed by atoms with E-state index in [9.17, 15) is 14.1 Å². The van der Waals surface area contributed by atoms with Crippen molar-refractivity contribution in [1.29, 1.82) is 0 Å². The first-order valence-corrected chi connectivity index (χ1v) is 10.6. The van der Waals surface area contributed by atoms with E-state index in [1.165, 1.54) is 6.07 Å². The minimum Gasteiger partial charge on any atom is -0.478 e. The number of aromatic nitrogens is 1. The van der Waals surface area contributed by atoms with Gasteiger partial charge in [0.15, 0.2) is 5.58 Å². The Morgan fingerprint density at radius 2 is 1.90 bits per heavy atom. The molecule has 30 heavy (non-hydrogen) atoms. The fraction of sp³-hybridized carbons (Fsp3) is 0.130. The summed E-state index contributed by atoms with van der Waals surface area (Å²) >= 11 is 0. The molecule has 0 bridgehead atoms. The van der Waals surface area contributed by atoms with Gasteiger partial charge in [-0.05, 0) is 60.9 Å². The number of oxazole rings is 1. The van der Waals surface area contributed by atoms with E-state index in [1.807, 2.05) is 48.5 Å². The number of aryl methyl sites for hydroxylation is 1. The van der Waals surface area contributed by atoms with Crippen molar-refractivity contribution in [3.05, 3.63) is 83.4 Å². The third kappa shape index (κ3) is 4.32. The second kappa shape index (κ2) is 8.61. The fourth-order valence-electron chi connectivity index (χ4n) is 3.15. The molecule has 0 saturated carbocycles. The van der Waals surface area contributed by atoms with Gasteiger partial charge in [-0.2, -0.15) is 0 Å². The maximum absolute atomic E-state index is 12.5. The van der Waals surface area contributed by atoms with Gasteiger partial charge in [-0.3, -0.25) is 0 Å². The van der Waals surface area contributed by atoms with Gasteiger partial charge in [0.25, 0.3) is 0 Å². The van der Waals surface area contributed by atoms with Crippen LogP contribution in [-0.4, -0.2) is 26.8 Å². The number of fused-ring (bicyclic) bond motifs is 1. The smallest absolute Gasteiger partial charge is 0.335 e. The van der Waals surface area contributed by atoms with Crippen molar-refractivity contribution in [2.24, 2.45) is 0 Å². The molecule has 0 radical (unpaired) electrons. The zero-order valence-corrected chi connectivity index (χ0v) is 17.1. The van der Waals surface area contributed by atoms with E-state index in [0.29, 0.717) is 29.3 Å². The number of carboxylic acid groups (broad SMARTS) is 1. The largest absolute Gasteiger partial charge is 0.478 e. The molecule has 0 aliphatic carbocycles. The monoisotopic (exact) mass is 420 g/mol. The van der Waals surface area contributed by atoms with Crippen molar-refractivity contribution >= 4 is 28.1 Å². The van der Waals surface area contributed by atoms with Crippen molar-refractivity contribution in [2.75, 3.05) is 6.54 Å². The van der Waals surface area contributed by atoms with Crippen LogP contribution < -0.4 is 4.72 Å². The lowest BCUT2D eigenvalue weighted by molar-refractivity contribution is 0.0696. The molecule has 1 atom stereocenters. The Balaban J connectivity index is 1.42. The maximum atomic E-state index is 12.5. The van der Waals surface area contributed by atoms with Crippen LogP contribution in [0.1, 0.15) is 21.5 Å². The van der Waals surface area contributed by atoms with Gasteiger partial charge in [0, 0.05) is 12.1 Å². The summed E-state index contributed by atoms with van der Waals surface area (Å²) in [6, 6.07) is 20.3. The Labute approximate surface area is 176 Å². The van der Waals surface area contributed by atoms with Gasteiger partial charge in [0.1, 0.15) is 16.5 Å². The second-order valence-corrected chi connectivity index (χ2v) is 8.18. The molecule has 0 spiro atoms. The maximum Gasteiger partial charge on any atom is 0.335 e. The molecule has 2 N–H and O–H groups in total. The van der Waals surface area contributed by atoms with Crippen LogP contribution in [-0.2, 0) is 17.4 Å². The number of hydrogen-bond donors (Lipinski definition) is 2. The van der Waals surface area contributed by atoms with Crippen molar-refractivity contribution in [2.45, 2.75) is 18.2 Å². The van der Waals surface area contributed by atoms with Crippen LogP contribution >= 0.6 is 0 Å². The highest BCUT2D eigenvalue weighted by Gasteiger charge is 2.12. The van der Waals surface area contributed by atoms with Crippen molar-refractivity contribution in [3.63, 3.8) is 0 Å². The summed E-state index contributed by atoms with van der Waals surface area (Å²) < 4.78 is 21.2. The summed E-state index contributed by atoms with van der Waals surface area (Å²) in [6.07, 6.45) is 0.646. The summed E-state index contributed by atoms with van der Waals surface area (Å²) in [7, 11) is -1.49. The lowest BCUT2D eigenvalue weighted by Crippen LogP contribution is -2.20. The molecule has 0 saturated heterocycles. The quantitative estimate of drug-likeness (QED) is 0.464. The highest BCUT2D eigenvalue weighted by atomic mass is 32.2. The SMILES string of the molecule is Cc1ccc(S(=O)NCCc2ccc3oc(-c4ccccc4)nc3c2)cc1C(=O)O. The van der Waals surface area contributed by atoms with Gasteiger partial charge in [0.05, 0.1) is 10.5 Å². The number of carboxylic acids is 1. The molecular weight excluding hydrogens is 400 g/mol. The number of benzene rings is 3. The summed E-state index contributed by atoms with van der Waals surface area (Å²) in [4.78, 5) is 16.3. The van der Waals surface area contributed by atoms with E-state index in [4.69, 9.17) is 4.42 Å². The van der Waals surface area contributed by atoms with Gasteiger partial charge in [-0.15, -0.1) is 0 Å². The van der Waals surface area contributed by atoms with Crippen molar-refractivity contribution < 1.29 is 18.5 Å². The topological polar surface area (TPSA) is 92.4 Å². The molecule has 1 unspecified atom stereocenters. The molecule has 1 heterocycles. The molecular formula is C23H20N2O4S. The Kier molecular flexibility index (Phi) is 5.74. The van der Waals surface area contributed by atoms with Gasteiger partial charge < -0.3 is 9.52 Å². The zero-order chi connectivity index (χ0) is 21.1. The Bertz CT molecular complexity index is 1230. The van der Waals surface area contributed by atoms with Crippen LogP contribution in [0.2, 0.25) is 0 Å². The number of nitrogens with one attached hydrogen (secondary N) is 1. The second-order valence-electron chi connectivity index (χ2n) is 6.88. The lowest BCUT2D eigenvalue weighted by Gasteiger charge is -2.07. The molecule has 0 fully saturated rings. The van der Waals surface area contributed by atoms with Gasteiger partial charge in [-0.1, -0.05) is 30.3 Å². The highest BCUT2D eigenvalue weighted by molar-refractivity contribution is 7.83. The Morgan fingerprint density at radius 3 is 2.67 bits per heavy atom. The summed E-state index contributed by atoms with van der Waals surface area (Å²) in [5.74, 6) is -0.447. The lowest BCUT2D eigenvalue weighted by atomic mass is 10.1. The van der Waals surface area contributed by atoms with Gasteiger partial charge in [0.2, 0.25) is 5.89 Å². The molecule has 0 aliphatic rings. The summed E-state index contributed by atoms with van der Waals surface area (Å²) in [6.45, 7) is 2.19. The van der Waals surface area contributed by atoms with Gasteiger partial charge in [-0.25, -0.2) is 18.7 Å². The number of aromatic carboxylic acids is 1. The first-order chi connectivity index (χ1) is 14.5. The molecule has 6 nitrogen and oxygen atoms in total. The summed E-state index contributed by atoms with van der Waals surface area (Å²) in [5, 5.41) is 9.22. The average molecular weight is 420 g/mol. The predicted octanol–water partition coefficient (Wildman–Crippen LogP) is 4.36. The molecule has 0 amide bonds. The molecule has 4 rings (SSSR count). The van der Waals surface area contributed by atoms with Crippen LogP contribution in [0, 0.1) is 6.92 Å². The number of carbonyl (C=O) groups is 1. The zero-order valence-electron chi connectivity index (χ0n) is 16.3. The van der Waals surface area contributed by atoms with Crippen LogP contribution in [0.15, 0.2) is 76.0 Å². The van der Waals surface area contributed by atoms with Crippen molar-refractivity contribution in [1.82, 2.24) is 9.71 Å². The minimum atomic E-state index is -1.49. The number of hydrogen-bond acceptors (Lipinski definition) is 4. The normalized spacial score (nSPS) is 12.2. The van der Waals surface area contributed by atoms with E-state index in [2.05, 4.69) is 9.71 Å². The molecule has 3 aromatic carbocycles. The third-order valence-electron chi connectivity index (χ3n) is 4.77. The van der Waals surface area contributed by atoms with E-state index in [1.54, 1.807) is 19.1 Å². The summed E-state index contributed by atoms with van der Waals surface area (Å²) in [5.41, 5.74) is 4.25. The van der Waals surface area contributed by atoms with Crippen LogP contribution in [0.5, 0.6) is 0 Å². The van der Waals surface area contributed by atoms with E-state index in [0.717, 1.165) is 22.2 Å². The molecule has 7 heteroatoms. The van der Waals surface area contributed by atoms with Crippen LogP contribution in [0.25, 0.3) is 22.6 Å². The Morgan fingerprint density at radius 1 is 1.10 bits per heavy atom. The third-order valence-corrected chi connectivity index (χ3v) is 5.92. The Hall–Kier alpha value is -3.29. The van der Waals surface area contributed by atoms with E-state index >= 15 is 0 Å². The first kappa shape index (κ1) is 20.0. The molecule has 152 valence electrons. The van der Waals surface area contributed by atoms with Gasteiger partial charge >= 0.3 is 5.97 Å². The standard InChI is InChI=1S/C23H20N2O4S/c1-15-7-9-18(14-19(15)23(26)27)30(28)24-12-11-16-8-10-21-20(13-16)25-22(29-21)17-5-3-2-4-6-17/h2-10,13-14,24H,11-12H2,1H3,(H,26,27). The van der Waals surface area contributed by atoms with Crippen LogP contribution in [0.3, 0.4) is 0 Å². The fourth-order valence-corrected chi connectivity index (χ4v) is 4.02. The van der Waals surface area contributed by atoms with Crippen molar-refractivity contribution in [3.8, 4) is 11.5 Å². The molecule has 0 aliphatic heterocycles. The number of rotatable bonds is 7. The average Bonchev–Trinajstić information content (AvgIpc) is 3.18. The van der Waals surface area contributed by atoms with E-state index < -0.39 is 17.0 Å².